The van der Waals surface area contributed by atoms with Crippen molar-refractivity contribution >= 4 is 34.2 Å². The first kappa shape index (κ1) is 30.7. The van der Waals surface area contributed by atoms with Crippen LogP contribution in [0.3, 0.4) is 0 Å². The number of carbonyl (C=O) groups excluding carboxylic acids is 3. The number of nitrogens with two attached hydrogens (primary N) is 1. The molecule has 0 aliphatic carbocycles. The molecule has 14 heteroatoms. The lowest BCUT2D eigenvalue weighted by Crippen LogP contribution is -2.59. The van der Waals surface area contributed by atoms with Gasteiger partial charge in [-0.25, -0.2) is 0 Å². The van der Waals surface area contributed by atoms with Crippen molar-refractivity contribution in [2.45, 2.75) is 37.1 Å². The molecule has 0 saturated carbocycles. The van der Waals surface area contributed by atoms with Gasteiger partial charge in [0.25, 0.3) is 11.8 Å². The summed E-state index contributed by atoms with van der Waals surface area (Å²) in [7, 11) is 0. The number of aliphatic hydroxyl groups excluding tert-OH is 4. The van der Waals surface area contributed by atoms with Crippen LogP contribution < -0.4 is 11.1 Å². The number of benzene rings is 2. The van der Waals surface area contributed by atoms with Crippen molar-refractivity contribution in [3.05, 3.63) is 41.5 Å². The van der Waals surface area contributed by atoms with Gasteiger partial charge in [0.2, 0.25) is 5.91 Å². The standard InChI is InChI=1S/C27H35N3O11/c28-18-5-4-17-21-15(18)2-1-3-16(21)25(36)30(26(17)37)8-6-20(32)29-7-9-38-10-11-39-12-13-40-27-24(35)23(34)22(33)19(14-31)41-27/h1-5,19,22-24,27,31,33-35H,6-14,28H2,(H,29,32)/t19-,22+,23+,24-,27-/m1/s1. The minimum absolute atomic E-state index is 0.0234. The highest BCUT2D eigenvalue weighted by atomic mass is 16.7. The smallest absolute Gasteiger partial charge is 0.261 e. The Morgan fingerprint density at radius 1 is 0.927 bits per heavy atom. The molecule has 2 aromatic carbocycles. The summed E-state index contributed by atoms with van der Waals surface area (Å²) in [5, 5.41) is 42.4. The summed E-state index contributed by atoms with van der Waals surface area (Å²) in [5.74, 6) is -1.26. The fourth-order valence-electron chi connectivity index (χ4n) is 4.69. The van der Waals surface area contributed by atoms with E-state index in [0.717, 1.165) is 4.90 Å². The number of hydrogen-bond donors (Lipinski definition) is 6. The topological polar surface area (TPSA) is 210 Å². The average Bonchev–Trinajstić information content (AvgIpc) is 2.97. The first-order valence-corrected chi connectivity index (χ1v) is 13.3. The van der Waals surface area contributed by atoms with Crippen LogP contribution in [0.15, 0.2) is 30.3 Å². The van der Waals surface area contributed by atoms with Crippen molar-refractivity contribution in [2.75, 3.05) is 58.5 Å². The zero-order chi connectivity index (χ0) is 29.5. The molecule has 0 radical (unpaired) electrons. The molecule has 0 spiro atoms. The van der Waals surface area contributed by atoms with Crippen LogP contribution in [0.5, 0.6) is 0 Å². The second-order valence-corrected chi connectivity index (χ2v) is 9.59. The fraction of sp³-hybridized carbons (Fsp3) is 0.519. The Labute approximate surface area is 235 Å². The first-order valence-electron chi connectivity index (χ1n) is 13.3. The van der Waals surface area contributed by atoms with E-state index in [1.54, 1.807) is 30.3 Å². The van der Waals surface area contributed by atoms with Gasteiger partial charge in [0.1, 0.15) is 24.4 Å². The molecule has 14 nitrogen and oxygen atoms in total. The number of aliphatic hydroxyl groups is 4. The molecule has 3 amide bonds. The van der Waals surface area contributed by atoms with Crippen LogP contribution in [-0.4, -0.2) is 126 Å². The van der Waals surface area contributed by atoms with E-state index in [2.05, 4.69) is 5.32 Å². The van der Waals surface area contributed by atoms with Gasteiger partial charge in [-0.2, -0.15) is 0 Å². The van der Waals surface area contributed by atoms with E-state index in [4.69, 9.17) is 24.7 Å². The second kappa shape index (κ2) is 14.1. The zero-order valence-electron chi connectivity index (χ0n) is 22.3. The third-order valence-corrected chi connectivity index (χ3v) is 6.89. The van der Waals surface area contributed by atoms with Crippen LogP contribution in [0.1, 0.15) is 27.1 Å². The van der Waals surface area contributed by atoms with E-state index < -0.39 is 49.1 Å². The van der Waals surface area contributed by atoms with Gasteiger partial charge in [0, 0.05) is 47.1 Å². The largest absolute Gasteiger partial charge is 0.398 e. The van der Waals surface area contributed by atoms with E-state index in [1.165, 1.54) is 0 Å². The number of rotatable bonds is 14. The molecular formula is C27H35N3O11. The first-order chi connectivity index (χ1) is 19.7. The number of nitrogen functional groups attached to an aromatic ring is 1. The Hall–Kier alpha value is -3.21. The normalized spacial score (nSPS) is 24.2. The summed E-state index contributed by atoms with van der Waals surface area (Å²) in [6.45, 7) is 0.457. The Morgan fingerprint density at radius 3 is 2.34 bits per heavy atom. The molecule has 0 bridgehead atoms. The maximum Gasteiger partial charge on any atom is 0.261 e. The molecule has 4 rings (SSSR count). The average molecular weight is 578 g/mol. The molecule has 2 aliphatic heterocycles. The van der Waals surface area contributed by atoms with Gasteiger partial charge in [0.05, 0.1) is 39.6 Å². The van der Waals surface area contributed by atoms with Gasteiger partial charge in [-0.3, -0.25) is 19.3 Å². The van der Waals surface area contributed by atoms with E-state index in [1.807, 2.05) is 0 Å². The molecule has 224 valence electrons. The second-order valence-electron chi connectivity index (χ2n) is 9.59. The van der Waals surface area contributed by atoms with E-state index in [0.29, 0.717) is 27.6 Å². The highest BCUT2D eigenvalue weighted by molar-refractivity contribution is 6.26. The number of imide groups is 1. The van der Waals surface area contributed by atoms with E-state index in [9.17, 15) is 34.8 Å². The summed E-state index contributed by atoms with van der Waals surface area (Å²) in [6, 6.07) is 8.33. The highest BCUT2D eigenvalue weighted by Gasteiger charge is 2.44. The molecule has 41 heavy (non-hydrogen) atoms. The summed E-state index contributed by atoms with van der Waals surface area (Å²) >= 11 is 0. The van der Waals surface area contributed by atoms with Crippen LogP contribution >= 0.6 is 0 Å². The van der Waals surface area contributed by atoms with E-state index >= 15 is 0 Å². The van der Waals surface area contributed by atoms with Gasteiger partial charge in [-0.05, 0) is 18.2 Å². The van der Waals surface area contributed by atoms with Crippen LogP contribution in [-0.2, 0) is 23.7 Å². The SMILES string of the molecule is Nc1ccc2c3c(cccc13)C(=O)N(CCC(=O)NCCOCCOCCO[C@@H]1O[C@H](CO)[C@H](O)[C@H](O)[C@H]1O)C2=O. The predicted molar refractivity (Wildman–Crippen MR) is 143 cm³/mol. The number of carbonyl (C=O) groups is 3. The lowest BCUT2D eigenvalue weighted by atomic mass is 9.93. The van der Waals surface area contributed by atoms with Crippen LogP contribution in [0, 0.1) is 0 Å². The minimum atomic E-state index is -1.51. The van der Waals surface area contributed by atoms with Crippen LogP contribution in [0.2, 0.25) is 0 Å². The molecule has 0 aromatic heterocycles. The Kier molecular flexibility index (Phi) is 10.6. The summed E-state index contributed by atoms with van der Waals surface area (Å²) < 4.78 is 21.3. The molecule has 5 atom stereocenters. The Bertz CT molecular complexity index is 1220. The van der Waals surface area contributed by atoms with Gasteiger partial charge in [-0.15, -0.1) is 0 Å². The van der Waals surface area contributed by atoms with Gasteiger partial charge in [-0.1, -0.05) is 12.1 Å². The van der Waals surface area contributed by atoms with Crippen molar-refractivity contribution in [1.29, 1.82) is 0 Å². The summed E-state index contributed by atoms with van der Waals surface area (Å²) in [5.41, 5.74) is 7.23. The van der Waals surface area contributed by atoms with Crippen molar-refractivity contribution in [3.63, 3.8) is 0 Å². The van der Waals surface area contributed by atoms with Crippen molar-refractivity contribution < 1.29 is 53.8 Å². The number of amides is 3. The molecule has 2 aromatic rings. The third kappa shape index (κ3) is 6.99. The molecule has 2 heterocycles. The number of nitrogens with one attached hydrogen (secondary N) is 1. The minimum Gasteiger partial charge on any atom is -0.398 e. The number of ether oxygens (including phenoxy) is 4. The van der Waals surface area contributed by atoms with Crippen molar-refractivity contribution in [1.82, 2.24) is 10.2 Å². The number of anilines is 1. The van der Waals surface area contributed by atoms with Gasteiger partial charge in [0.15, 0.2) is 6.29 Å². The Balaban J connectivity index is 1.07. The van der Waals surface area contributed by atoms with Gasteiger partial charge >= 0.3 is 0 Å². The maximum atomic E-state index is 13.0. The van der Waals surface area contributed by atoms with Crippen LogP contribution in [0.4, 0.5) is 5.69 Å². The predicted octanol–water partition coefficient (Wildman–Crippen LogP) is -1.63. The molecule has 7 N–H and O–H groups in total. The molecule has 1 fully saturated rings. The molecular weight excluding hydrogens is 542 g/mol. The van der Waals surface area contributed by atoms with E-state index in [-0.39, 0.29) is 58.5 Å². The number of nitrogens with zero attached hydrogens (tertiary/aromatic N) is 1. The highest BCUT2D eigenvalue weighted by Crippen LogP contribution is 2.33. The zero-order valence-corrected chi connectivity index (χ0v) is 22.3. The molecule has 1 saturated heterocycles. The van der Waals surface area contributed by atoms with Crippen molar-refractivity contribution in [3.8, 4) is 0 Å². The lowest BCUT2D eigenvalue weighted by Gasteiger charge is -2.39. The van der Waals surface area contributed by atoms with Crippen LogP contribution in [0.25, 0.3) is 10.8 Å². The van der Waals surface area contributed by atoms with Crippen molar-refractivity contribution in [2.24, 2.45) is 0 Å². The maximum absolute atomic E-state index is 13.0. The third-order valence-electron chi connectivity index (χ3n) is 6.89. The molecule has 2 aliphatic rings. The summed E-state index contributed by atoms with van der Waals surface area (Å²) in [4.78, 5) is 39.3. The Morgan fingerprint density at radius 2 is 1.61 bits per heavy atom. The fourth-order valence-corrected chi connectivity index (χ4v) is 4.69. The molecule has 0 unspecified atom stereocenters. The summed E-state index contributed by atoms with van der Waals surface area (Å²) in [6.07, 6.45) is -6.76. The quantitative estimate of drug-likeness (QED) is 0.0850. The number of hydrogen-bond acceptors (Lipinski definition) is 12. The monoisotopic (exact) mass is 577 g/mol. The van der Waals surface area contributed by atoms with Gasteiger partial charge < -0.3 is 50.4 Å². The lowest BCUT2D eigenvalue weighted by molar-refractivity contribution is -0.302.